The molecule has 0 atom stereocenters. The summed E-state index contributed by atoms with van der Waals surface area (Å²) in [7, 11) is 0. The second kappa shape index (κ2) is 8.02. The van der Waals surface area contributed by atoms with Crippen LogP contribution in [0.2, 0.25) is 0 Å². The number of benzene rings is 3. The molecule has 0 bridgehead atoms. The standard InChI is InChI=1S/C22H18N2O5/c25-22(18-7-9-19(10-8-18)24(26)27)23(13-16-4-2-1-3-5-16)14-17-6-11-20-21(12-17)29-15-28-20/h1-12H,13-15H2. The molecule has 1 aliphatic rings. The maximum Gasteiger partial charge on any atom is 0.269 e. The topological polar surface area (TPSA) is 81.9 Å². The van der Waals surface area contributed by atoms with Crippen LogP contribution in [-0.4, -0.2) is 22.5 Å². The van der Waals surface area contributed by atoms with E-state index in [0.29, 0.717) is 30.2 Å². The van der Waals surface area contributed by atoms with Gasteiger partial charge >= 0.3 is 0 Å². The van der Waals surface area contributed by atoms with Crippen molar-refractivity contribution in [2.75, 3.05) is 6.79 Å². The predicted octanol–water partition coefficient (Wildman–Crippen LogP) is 4.17. The van der Waals surface area contributed by atoms with Gasteiger partial charge in [0, 0.05) is 30.8 Å². The lowest BCUT2D eigenvalue weighted by Crippen LogP contribution is -2.30. The number of hydrogen-bond acceptors (Lipinski definition) is 5. The van der Waals surface area contributed by atoms with Gasteiger partial charge < -0.3 is 14.4 Å². The minimum absolute atomic E-state index is 0.0491. The van der Waals surface area contributed by atoms with Crippen LogP contribution in [0, 0.1) is 10.1 Å². The Morgan fingerprint density at radius 3 is 2.31 bits per heavy atom. The molecule has 0 fully saturated rings. The molecule has 4 rings (SSSR count). The molecule has 7 heteroatoms. The third-order valence-electron chi connectivity index (χ3n) is 4.64. The number of ether oxygens (including phenoxy) is 2. The fourth-order valence-corrected chi connectivity index (χ4v) is 3.17. The van der Waals surface area contributed by atoms with Crippen LogP contribution in [0.1, 0.15) is 21.5 Å². The zero-order valence-electron chi connectivity index (χ0n) is 15.5. The maximum absolute atomic E-state index is 13.2. The zero-order chi connectivity index (χ0) is 20.2. The molecule has 0 unspecified atom stereocenters. The number of fused-ring (bicyclic) bond motifs is 1. The SMILES string of the molecule is O=C(c1ccc([N+](=O)[O-])cc1)N(Cc1ccccc1)Cc1ccc2c(c1)OCO2. The summed E-state index contributed by atoms with van der Waals surface area (Å²) in [6.45, 7) is 0.959. The molecule has 7 nitrogen and oxygen atoms in total. The molecular formula is C22H18N2O5. The Morgan fingerprint density at radius 2 is 1.59 bits per heavy atom. The summed E-state index contributed by atoms with van der Waals surface area (Å²) in [5, 5.41) is 10.9. The fraction of sp³-hybridized carbons (Fsp3) is 0.136. The van der Waals surface area contributed by atoms with E-state index < -0.39 is 4.92 Å². The Kier molecular flexibility index (Phi) is 5.11. The lowest BCUT2D eigenvalue weighted by molar-refractivity contribution is -0.384. The highest BCUT2D eigenvalue weighted by atomic mass is 16.7. The van der Waals surface area contributed by atoms with Crippen molar-refractivity contribution < 1.29 is 19.2 Å². The molecule has 1 aliphatic heterocycles. The second-order valence-corrected chi connectivity index (χ2v) is 6.64. The van der Waals surface area contributed by atoms with Crippen LogP contribution in [0.25, 0.3) is 0 Å². The number of amides is 1. The summed E-state index contributed by atoms with van der Waals surface area (Å²) in [5.74, 6) is 1.14. The predicted molar refractivity (Wildman–Crippen MR) is 106 cm³/mol. The third kappa shape index (κ3) is 4.19. The molecule has 146 valence electrons. The molecule has 3 aromatic rings. The average Bonchev–Trinajstić information content (AvgIpc) is 3.21. The van der Waals surface area contributed by atoms with E-state index in [0.717, 1.165) is 11.1 Å². The number of non-ortho nitro benzene ring substituents is 1. The summed E-state index contributed by atoms with van der Waals surface area (Å²) in [4.78, 5) is 25.3. The number of nitro benzene ring substituents is 1. The van der Waals surface area contributed by atoms with Gasteiger partial charge in [0.15, 0.2) is 11.5 Å². The van der Waals surface area contributed by atoms with Crippen molar-refractivity contribution in [3.8, 4) is 11.5 Å². The van der Waals surface area contributed by atoms with E-state index in [9.17, 15) is 14.9 Å². The van der Waals surface area contributed by atoms with E-state index in [4.69, 9.17) is 9.47 Å². The number of carbonyl (C=O) groups excluding carboxylic acids is 1. The van der Waals surface area contributed by atoms with Gasteiger partial charge in [-0.15, -0.1) is 0 Å². The molecule has 0 radical (unpaired) electrons. The van der Waals surface area contributed by atoms with Crippen LogP contribution in [0.15, 0.2) is 72.8 Å². The van der Waals surface area contributed by atoms with Gasteiger partial charge in [-0.3, -0.25) is 14.9 Å². The summed E-state index contributed by atoms with van der Waals surface area (Å²) in [6, 6.07) is 20.9. The molecule has 0 aromatic heterocycles. The molecule has 0 N–H and O–H groups in total. The van der Waals surface area contributed by atoms with Gasteiger partial charge in [0.1, 0.15) is 0 Å². The molecule has 0 aliphatic carbocycles. The van der Waals surface area contributed by atoms with Gasteiger partial charge in [0.2, 0.25) is 6.79 Å². The Hall–Kier alpha value is -3.87. The first kappa shape index (κ1) is 18.5. The molecule has 3 aromatic carbocycles. The molecular weight excluding hydrogens is 372 g/mol. The van der Waals surface area contributed by atoms with Crippen molar-refractivity contribution >= 4 is 11.6 Å². The van der Waals surface area contributed by atoms with Gasteiger partial charge in [0.05, 0.1) is 4.92 Å². The summed E-state index contributed by atoms with van der Waals surface area (Å²) in [6.07, 6.45) is 0. The van der Waals surface area contributed by atoms with Crippen LogP contribution in [-0.2, 0) is 13.1 Å². The maximum atomic E-state index is 13.2. The van der Waals surface area contributed by atoms with E-state index in [-0.39, 0.29) is 18.4 Å². The third-order valence-corrected chi connectivity index (χ3v) is 4.64. The number of rotatable bonds is 6. The largest absolute Gasteiger partial charge is 0.454 e. The molecule has 1 amide bonds. The lowest BCUT2D eigenvalue weighted by Gasteiger charge is -2.23. The average molecular weight is 390 g/mol. The number of nitro groups is 1. The molecule has 0 saturated heterocycles. The molecule has 0 saturated carbocycles. The quantitative estimate of drug-likeness (QED) is 0.466. The minimum Gasteiger partial charge on any atom is -0.454 e. The summed E-state index contributed by atoms with van der Waals surface area (Å²) in [5.41, 5.74) is 2.24. The fourth-order valence-electron chi connectivity index (χ4n) is 3.17. The smallest absolute Gasteiger partial charge is 0.269 e. The normalized spacial score (nSPS) is 11.9. The highest BCUT2D eigenvalue weighted by molar-refractivity contribution is 5.94. The first-order valence-corrected chi connectivity index (χ1v) is 9.06. The van der Waals surface area contributed by atoms with Gasteiger partial charge in [-0.2, -0.15) is 0 Å². The molecule has 1 heterocycles. The summed E-state index contributed by atoms with van der Waals surface area (Å²) >= 11 is 0. The van der Waals surface area contributed by atoms with Gasteiger partial charge in [-0.05, 0) is 35.4 Å². The van der Waals surface area contributed by atoms with E-state index in [2.05, 4.69) is 0 Å². The van der Waals surface area contributed by atoms with Crippen molar-refractivity contribution in [2.24, 2.45) is 0 Å². The Balaban J connectivity index is 1.60. The number of nitrogens with zero attached hydrogens (tertiary/aromatic N) is 2. The van der Waals surface area contributed by atoms with Crippen molar-refractivity contribution in [2.45, 2.75) is 13.1 Å². The second-order valence-electron chi connectivity index (χ2n) is 6.64. The van der Waals surface area contributed by atoms with Crippen LogP contribution in [0.5, 0.6) is 11.5 Å². The molecule has 0 spiro atoms. The van der Waals surface area contributed by atoms with Crippen molar-refractivity contribution in [3.63, 3.8) is 0 Å². The monoisotopic (exact) mass is 390 g/mol. The molecule has 29 heavy (non-hydrogen) atoms. The first-order chi connectivity index (χ1) is 14.1. The summed E-state index contributed by atoms with van der Waals surface area (Å²) < 4.78 is 10.8. The lowest BCUT2D eigenvalue weighted by atomic mass is 10.1. The van der Waals surface area contributed by atoms with Crippen LogP contribution < -0.4 is 9.47 Å². The van der Waals surface area contributed by atoms with Crippen LogP contribution in [0.4, 0.5) is 5.69 Å². The van der Waals surface area contributed by atoms with Gasteiger partial charge in [-0.1, -0.05) is 36.4 Å². The number of hydrogen-bond donors (Lipinski definition) is 0. The van der Waals surface area contributed by atoms with Gasteiger partial charge in [-0.25, -0.2) is 0 Å². The highest BCUT2D eigenvalue weighted by Crippen LogP contribution is 2.33. The van der Waals surface area contributed by atoms with E-state index >= 15 is 0 Å². The Labute approximate surface area is 167 Å². The van der Waals surface area contributed by atoms with E-state index in [1.165, 1.54) is 24.3 Å². The van der Waals surface area contributed by atoms with Crippen LogP contribution in [0.3, 0.4) is 0 Å². The van der Waals surface area contributed by atoms with Crippen molar-refractivity contribution in [1.82, 2.24) is 4.90 Å². The van der Waals surface area contributed by atoms with Crippen LogP contribution >= 0.6 is 0 Å². The van der Waals surface area contributed by atoms with Crippen molar-refractivity contribution in [3.05, 3.63) is 99.6 Å². The van der Waals surface area contributed by atoms with Gasteiger partial charge in [0.25, 0.3) is 11.6 Å². The number of carbonyl (C=O) groups is 1. The Morgan fingerprint density at radius 1 is 0.897 bits per heavy atom. The van der Waals surface area contributed by atoms with Crippen molar-refractivity contribution in [1.29, 1.82) is 0 Å². The minimum atomic E-state index is -0.484. The highest BCUT2D eigenvalue weighted by Gasteiger charge is 2.20. The zero-order valence-corrected chi connectivity index (χ0v) is 15.5. The Bertz CT molecular complexity index is 1030. The van der Waals surface area contributed by atoms with E-state index in [1.807, 2.05) is 48.5 Å². The van der Waals surface area contributed by atoms with E-state index in [1.54, 1.807) is 4.90 Å². The first-order valence-electron chi connectivity index (χ1n) is 9.06.